The molecule has 1 aromatic rings. The summed E-state index contributed by atoms with van der Waals surface area (Å²) in [4.78, 5) is 13.9. The van der Waals surface area contributed by atoms with E-state index in [9.17, 15) is 4.79 Å². The Bertz CT molecular complexity index is 460. The molecule has 0 heterocycles. The molecule has 1 amide bonds. The Morgan fingerprint density at radius 2 is 1.81 bits per heavy atom. The molecule has 0 aromatic heterocycles. The normalized spacial score (nSPS) is 11.0. The maximum absolute atomic E-state index is 12.0. The Morgan fingerprint density at radius 1 is 1.19 bits per heavy atom. The van der Waals surface area contributed by atoms with Crippen LogP contribution in [-0.4, -0.2) is 42.7 Å². The predicted molar refractivity (Wildman–Crippen MR) is 88.5 cm³/mol. The van der Waals surface area contributed by atoms with Crippen LogP contribution in [0.3, 0.4) is 0 Å². The summed E-state index contributed by atoms with van der Waals surface area (Å²) in [5.41, 5.74) is 0.376. The third-order valence-electron chi connectivity index (χ3n) is 2.88. The van der Waals surface area contributed by atoms with Crippen molar-refractivity contribution in [3.8, 4) is 0 Å². The fraction of sp³-hybridized carbons (Fsp3) is 0.500. The molecule has 0 spiro atoms. The molecule has 1 rings (SSSR count). The van der Waals surface area contributed by atoms with Crippen molar-refractivity contribution in [3.63, 3.8) is 0 Å². The van der Waals surface area contributed by atoms with E-state index in [1.54, 1.807) is 0 Å². The van der Waals surface area contributed by atoms with Gasteiger partial charge in [0.2, 0.25) is 5.91 Å². The summed E-state index contributed by atoms with van der Waals surface area (Å²) < 4.78 is 0. The van der Waals surface area contributed by atoms with Crippen LogP contribution >= 0.6 is 34.8 Å². The minimum atomic E-state index is -0.189. The van der Waals surface area contributed by atoms with Gasteiger partial charge in [-0.05, 0) is 45.0 Å². The molecule has 21 heavy (non-hydrogen) atoms. The summed E-state index contributed by atoms with van der Waals surface area (Å²) in [7, 11) is 1.86. The maximum Gasteiger partial charge on any atom is 0.238 e. The van der Waals surface area contributed by atoms with Gasteiger partial charge in [-0.15, -0.1) is 0 Å². The molecule has 0 saturated carbocycles. The second-order valence-corrected chi connectivity index (χ2v) is 6.07. The predicted octanol–water partition coefficient (Wildman–Crippen LogP) is 3.68. The van der Waals surface area contributed by atoms with E-state index in [0.29, 0.717) is 20.8 Å². The van der Waals surface area contributed by atoms with Crippen LogP contribution < -0.4 is 5.32 Å². The number of carbonyl (C=O) groups is 1. The largest absolute Gasteiger partial charge is 0.396 e. The number of unbranched alkanes of at least 4 members (excludes halogenated alkanes) is 2. The first-order valence-corrected chi connectivity index (χ1v) is 7.81. The number of rotatable bonds is 8. The number of halogens is 3. The highest BCUT2D eigenvalue weighted by Crippen LogP contribution is 2.33. The summed E-state index contributed by atoms with van der Waals surface area (Å²) in [6.45, 7) is 1.24. The molecule has 0 saturated heterocycles. The lowest BCUT2D eigenvalue weighted by atomic mass is 10.2. The van der Waals surface area contributed by atoms with E-state index in [-0.39, 0.29) is 19.1 Å². The van der Waals surface area contributed by atoms with Gasteiger partial charge in [-0.1, -0.05) is 34.8 Å². The van der Waals surface area contributed by atoms with Crippen molar-refractivity contribution in [3.05, 3.63) is 27.2 Å². The Balaban J connectivity index is 2.47. The molecule has 2 N–H and O–H groups in total. The Labute approximate surface area is 140 Å². The third kappa shape index (κ3) is 6.85. The van der Waals surface area contributed by atoms with Crippen LogP contribution in [0.5, 0.6) is 0 Å². The molecule has 0 radical (unpaired) electrons. The smallest absolute Gasteiger partial charge is 0.238 e. The van der Waals surface area contributed by atoms with Crippen molar-refractivity contribution in [1.29, 1.82) is 0 Å². The number of aliphatic hydroxyl groups excluding tert-OH is 1. The number of likely N-dealkylation sites (N-methyl/N-ethyl adjacent to an activating group) is 1. The van der Waals surface area contributed by atoms with Gasteiger partial charge in [0.25, 0.3) is 0 Å². The molecule has 0 atom stereocenters. The Kier molecular flexibility index (Phi) is 8.37. The van der Waals surface area contributed by atoms with Crippen LogP contribution in [0.15, 0.2) is 12.1 Å². The number of hydrogen-bond acceptors (Lipinski definition) is 3. The highest BCUT2D eigenvalue weighted by Gasteiger charge is 2.12. The number of benzene rings is 1. The molecule has 0 bridgehead atoms. The van der Waals surface area contributed by atoms with Gasteiger partial charge in [0.05, 0.1) is 22.3 Å². The molecule has 0 unspecified atom stereocenters. The van der Waals surface area contributed by atoms with Crippen LogP contribution in [0.25, 0.3) is 0 Å². The van der Waals surface area contributed by atoms with E-state index in [2.05, 4.69) is 5.32 Å². The van der Waals surface area contributed by atoms with E-state index in [1.807, 2.05) is 11.9 Å². The van der Waals surface area contributed by atoms with E-state index in [1.165, 1.54) is 12.1 Å². The van der Waals surface area contributed by atoms with Crippen LogP contribution in [0, 0.1) is 0 Å². The summed E-state index contributed by atoms with van der Waals surface area (Å²) >= 11 is 17.8. The average Bonchev–Trinajstić information content (AvgIpc) is 2.39. The summed E-state index contributed by atoms with van der Waals surface area (Å²) in [6, 6.07) is 3.06. The number of hydrogen-bond donors (Lipinski definition) is 2. The Morgan fingerprint density at radius 3 is 2.38 bits per heavy atom. The third-order valence-corrected chi connectivity index (χ3v) is 3.70. The fourth-order valence-electron chi connectivity index (χ4n) is 1.84. The Hall–Kier alpha value is -0.520. The number of anilines is 1. The van der Waals surface area contributed by atoms with Crippen molar-refractivity contribution in [2.75, 3.05) is 32.1 Å². The van der Waals surface area contributed by atoms with Crippen molar-refractivity contribution < 1.29 is 9.90 Å². The van der Waals surface area contributed by atoms with Crippen molar-refractivity contribution in [2.45, 2.75) is 19.3 Å². The highest BCUT2D eigenvalue weighted by atomic mass is 35.5. The van der Waals surface area contributed by atoms with Gasteiger partial charge in [-0.3, -0.25) is 9.69 Å². The lowest BCUT2D eigenvalue weighted by Gasteiger charge is -2.17. The second kappa shape index (κ2) is 9.49. The molecule has 0 aliphatic carbocycles. The molecule has 0 fully saturated rings. The van der Waals surface area contributed by atoms with Gasteiger partial charge in [-0.25, -0.2) is 0 Å². The maximum atomic E-state index is 12.0. The number of amides is 1. The van der Waals surface area contributed by atoms with Gasteiger partial charge < -0.3 is 10.4 Å². The minimum absolute atomic E-state index is 0.189. The molecular weight excluding hydrogens is 335 g/mol. The van der Waals surface area contributed by atoms with Crippen molar-refractivity contribution in [1.82, 2.24) is 4.90 Å². The van der Waals surface area contributed by atoms with Crippen molar-refractivity contribution in [2.24, 2.45) is 0 Å². The highest BCUT2D eigenvalue weighted by molar-refractivity contribution is 6.42. The van der Waals surface area contributed by atoms with E-state index in [0.717, 1.165) is 25.8 Å². The molecule has 7 heteroatoms. The minimum Gasteiger partial charge on any atom is -0.396 e. The van der Waals surface area contributed by atoms with Crippen LogP contribution in [0.2, 0.25) is 15.1 Å². The molecule has 4 nitrogen and oxygen atoms in total. The summed E-state index contributed by atoms with van der Waals surface area (Å²) in [5, 5.41) is 12.4. The molecular formula is C14H19Cl3N2O2. The van der Waals surface area contributed by atoms with Crippen LogP contribution in [-0.2, 0) is 4.79 Å². The van der Waals surface area contributed by atoms with E-state index in [4.69, 9.17) is 39.9 Å². The standard InChI is InChI=1S/C14H19Cl3N2O2/c1-19(5-3-2-4-6-20)9-13(21)18-14-11(16)7-10(15)8-12(14)17/h7-8,20H,2-6,9H2,1H3,(H,18,21). The first kappa shape index (κ1) is 18.5. The monoisotopic (exact) mass is 352 g/mol. The fourth-order valence-corrected chi connectivity index (χ4v) is 2.75. The zero-order valence-corrected chi connectivity index (χ0v) is 14.1. The molecule has 0 aliphatic rings. The van der Waals surface area contributed by atoms with E-state index < -0.39 is 0 Å². The SMILES string of the molecule is CN(CCCCCO)CC(=O)Nc1c(Cl)cc(Cl)cc1Cl. The van der Waals surface area contributed by atoms with Gasteiger partial charge in [0, 0.05) is 11.6 Å². The van der Waals surface area contributed by atoms with Crippen LogP contribution in [0.1, 0.15) is 19.3 Å². The lowest BCUT2D eigenvalue weighted by molar-refractivity contribution is -0.117. The van der Waals surface area contributed by atoms with Gasteiger partial charge in [0.1, 0.15) is 0 Å². The molecule has 0 aliphatic heterocycles. The van der Waals surface area contributed by atoms with E-state index >= 15 is 0 Å². The summed E-state index contributed by atoms with van der Waals surface area (Å²) in [6.07, 6.45) is 2.67. The van der Waals surface area contributed by atoms with Gasteiger partial charge in [0.15, 0.2) is 0 Å². The zero-order chi connectivity index (χ0) is 15.8. The zero-order valence-electron chi connectivity index (χ0n) is 11.8. The number of nitrogens with zero attached hydrogens (tertiary/aromatic N) is 1. The molecule has 1 aromatic carbocycles. The first-order valence-electron chi connectivity index (χ1n) is 6.68. The lowest BCUT2D eigenvalue weighted by Crippen LogP contribution is -2.31. The number of carbonyl (C=O) groups excluding carboxylic acids is 1. The molecule has 118 valence electrons. The van der Waals surface area contributed by atoms with Crippen LogP contribution in [0.4, 0.5) is 5.69 Å². The summed E-state index contributed by atoms with van der Waals surface area (Å²) in [5.74, 6) is -0.189. The topological polar surface area (TPSA) is 52.6 Å². The second-order valence-electron chi connectivity index (χ2n) is 4.81. The quantitative estimate of drug-likeness (QED) is 0.701. The van der Waals surface area contributed by atoms with Crippen molar-refractivity contribution >= 4 is 46.4 Å². The average molecular weight is 354 g/mol. The number of aliphatic hydroxyl groups is 1. The first-order chi connectivity index (χ1) is 9.93. The van der Waals surface area contributed by atoms with Gasteiger partial charge >= 0.3 is 0 Å². The number of nitrogens with one attached hydrogen (secondary N) is 1. The van der Waals surface area contributed by atoms with Gasteiger partial charge in [-0.2, -0.15) is 0 Å².